The second-order valence-corrected chi connectivity index (χ2v) is 7.41. The molecule has 0 aliphatic carbocycles. The summed E-state index contributed by atoms with van der Waals surface area (Å²) in [5.74, 6) is 0.893. The van der Waals surface area contributed by atoms with E-state index in [-0.39, 0.29) is 24.2 Å². The predicted octanol–water partition coefficient (Wildman–Crippen LogP) is 3.71. The first-order valence-electron chi connectivity index (χ1n) is 10.2. The molecule has 0 saturated carbocycles. The highest BCUT2D eigenvalue weighted by atomic mass is 19.1. The number of aromatic amines is 1. The minimum absolute atomic E-state index is 0.0467. The third-order valence-corrected chi connectivity index (χ3v) is 5.17. The maximum atomic E-state index is 13.9. The summed E-state index contributed by atoms with van der Waals surface area (Å²) in [6.45, 7) is 6.30. The van der Waals surface area contributed by atoms with E-state index in [1.54, 1.807) is 29.2 Å². The van der Waals surface area contributed by atoms with Crippen molar-refractivity contribution in [2.24, 2.45) is 5.73 Å². The lowest BCUT2D eigenvalue weighted by molar-refractivity contribution is -0.132. The van der Waals surface area contributed by atoms with Gasteiger partial charge >= 0.3 is 0 Å². The zero-order chi connectivity index (χ0) is 21.5. The Kier molecular flexibility index (Phi) is 7.30. The highest BCUT2D eigenvalue weighted by Crippen LogP contribution is 2.31. The predicted molar refractivity (Wildman–Crippen MR) is 116 cm³/mol. The molecule has 1 aliphatic heterocycles. The minimum atomic E-state index is -0.447. The Bertz CT molecular complexity index is 949. The van der Waals surface area contributed by atoms with Crippen LogP contribution in [0.2, 0.25) is 0 Å². The Balaban J connectivity index is 1.68. The van der Waals surface area contributed by atoms with Crippen LogP contribution in [-0.4, -0.2) is 38.6 Å². The second-order valence-electron chi connectivity index (χ2n) is 7.41. The van der Waals surface area contributed by atoms with Gasteiger partial charge in [-0.3, -0.25) is 9.89 Å². The quantitative estimate of drug-likeness (QED) is 0.651. The lowest BCUT2D eigenvalue weighted by atomic mass is 10.0. The molecule has 1 aromatic heterocycles. The molecule has 1 amide bonds. The van der Waals surface area contributed by atoms with Crippen LogP contribution in [0.3, 0.4) is 0 Å². The fourth-order valence-corrected chi connectivity index (χ4v) is 3.77. The molecule has 158 valence electrons. The van der Waals surface area contributed by atoms with Crippen LogP contribution in [0.5, 0.6) is 0 Å². The number of benzene rings is 1. The van der Waals surface area contributed by atoms with Crippen molar-refractivity contribution in [1.29, 1.82) is 0 Å². The van der Waals surface area contributed by atoms with Gasteiger partial charge in [0.1, 0.15) is 11.6 Å². The molecule has 0 radical (unpaired) electrons. The van der Waals surface area contributed by atoms with Crippen LogP contribution in [0.25, 0.3) is 5.57 Å². The van der Waals surface area contributed by atoms with E-state index in [0.29, 0.717) is 30.2 Å². The first-order chi connectivity index (χ1) is 14.5. The SMILES string of the molecule is C=CC=C(C=CC)c1n[nH]c(C2CCCN2C(=O)CC(N)Cc2ccccc2F)n1. The Morgan fingerprint density at radius 3 is 3.00 bits per heavy atom. The van der Waals surface area contributed by atoms with Gasteiger partial charge in [0.25, 0.3) is 0 Å². The zero-order valence-corrected chi connectivity index (χ0v) is 17.2. The highest BCUT2D eigenvalue weighted by molar-refractivity contribution is 5.77. The summed E-state index contributed by atoms with van der Waals surface area (Å²) in [6.07, 6.45) is 9.53. The Morgan fingerprint density at radius 1 is 1.47 bits per heavy atom. The molecular formula is C23H28FN5O. The number of allylic oxidation sites excluding steroid dienone is 5. The molecule has 1 aliphatic rings. The van der Waals surface area contributed by atoms with Gasteiger partial charge in [0.15, 0.2) is 5.82 Å². The van der Waals surface area contributed by atoms with Crippen LogP contribution in [0.15, 0.2) is 55.1 Å². The number of amides is 1. The van der Waals surface area contributed by atoms with Crippen LogP contribution < -0.4 is 5.73 Å². The molecule has 0 spiro atoms. The van der Waals surface area contributed by atoms with Crippen LogP contribution in [0.4, 0.5) is 4.39 Å². The van der Waals surface area contributed by atoms with Gasteiger partial charge in [-0.1, -0.05) is 49.1 Å². The smallest absolute Gasteiger partial charge is 0.224 e. The molecule has 2 heterocycles. The fraction of sp³-hybridized carbons (Fsp3) is 0.348. The van der Waals surface area contributed by atoms with Crippen molar-refractivity contribution >= 4 is 11.5 Å². The molecule has 2 atom stereocenters. The van der Waals surface area contributed by atoms with Crippen molar-refractivity contribution in [3.63, 3.8) is 0 Å². The number of carbonyl (C=O) groups is 1. The molecule has 1 aromatic carbocycles. The maximum Gasteiger partial charge on any atom is 0.224 e. The van der Waals surface area contributed by atoms with Gasteiger partial charge < -0.3 is 10.6 Å². The van der Waals surface area contributed by atoms with Crippen LogP contribution >= 0.6 is 0 Å². The molecule has 6 nitrogen and oxygen atoms in total. The van der Waals surface area contributed by atoms with Gasteiger partial charge in [-0.25, -0.2) is 9.37 Å². The molecule has 1 saturated heterocycles. The fourth-order valence-electron chi connectivity index (χ4n) is 3.77. The van der Waals surface area contributed by atoms with Crippen LogP contribution in [0, 0.1) is 5.82 Å². The summed E-state index contributed by atoms with van der Waals surface area (Å²) in [5.41, 5.74) is 7.54. The van der Waals surface area contributed by atoms with Crippen molar-refractivity contribution in [2.45, 2.75) is 44.7 Å². The normalized spacial score (nSPS) is 18.2. The highest BCUT2D eigenvalue weighted by Gasteiger charge is 2.33. The number of halogens is 1. The van der Waals surface area contributed by atoms with Crippen molar-refractivity contribution < 1.29 is 9.18 Å². The third kappa shape index (κ3) is 5.10. The molecule has 0 bridgehead atoms. The number of nitrogens with two attached hydrogens (primary N) is 1. The Labute approximate surface area is 176 Å². The van der Waals surface area contributed by atoms with Crippen molar-refractivity contribution in [3.05, 3.63) is 78.2 Å². The van der Waals surface area contributed by atoms with Gasteiger partial charge in [0, 0.05) is 24.6 Å². The molecular weight excluding hydrogens is 381 g/mol. The van der Waals surface area contributed by atoms with Crippen LogP contribution in [0.1, 0.15) is 49.4 Å². The topological polar surface area (TPSA) is 87.9 Å². The monoisotopic (exact) mass is 409 g/mol. The van der Waals surface area contributed by atoms with Gasteiger partial charge in [0.2, 0.25) is 5.91 Å². The van der Waals surface area contributed by atoms with Gasteiger partial charge in [-0.15, -0.1) is 0 Å². The molecule has 2 aromatic rings. The second kappa shape index (κ2) is 10.1. The average Bonchev–Trinajstić information content (AvgIpc) is 3.39. The number of carbonyl (C=O) groups excluding carboxylic acids is 1. The van der Waals surface area contributed by atoms with E-state index in [1.165, 1.54) is 6.07 Å². The van der Waals surface area contributed by atoms with E-state index in [0.717, 1.165) is 18.4 Å². The third-order valence-electron chi connectivity index (χ3n) is 5.17. The lowest BCUT2D eigenvalue weighted by Gasteiger charge is -2.24. The number of rotatable bonds is 8. The van der Waals surface area contributed by atoms with E-state index in [2.05, 4.69) is 21.8 Å². The lowest BCUT2D eigenvalue weighted by Crippen LogP contribution is -2.36. The number of nitrogens with one attached hydrogen (secondary N) is 1. The van der Waals surface area contributed by atoms with E-state index >= 15 is 0 Å². The standard InChI is InChI=1S/C23H28FN5O/c1-3-8-16(9-4-2)22-26-23(28-27-22)20-12-7-13-29(20)21(30)15-18(25)14-17-10-5-6-11-19(17)24/h3-6,8-11,18,20H,1,7,12-15,25H2,2H3,(H,26,27,28). The largest absolute Gasteiger partial charge is 0.332 e. The van der Waals surface area contributed by atoms with Gasteiger partial charge in [0.05, 0.1) is 6.04 Å². The number of aromatic nitrogens is 3. The molecule has 30 heavy (non-hydrogen) atoms. The first kappa shape index (κ1) is 21.6. The summed E-state index contributed by atoms with van der Waals surface area (Å²) in [7, 11) is 0. The van der Waals surface area contributed by atoms with E-state index in [9.17, 15) is 9.18 Å². The first-order valence-corrected chi connectivity index (χ1v) is 10.2. The summed E-state index contributed by atoms with van der Waals surface area (Å²) in [6, 6.07) is 5.92. The average molecular weight is 410 g/mol. The molecule has 7 heteroatoms. The number of hydrogen-bond acceptors (Lipinski definition) is 4. The number of hydrogen-bond donors (Lipinski definition) is 2. The van der Waals surface area contributed by atoms with Crippen molar-refractivity contribution in [1.82, 2.24) is 20.1 Å². The van der Waals surface area contributed by atoms with E-state index < -0.39 is 6.04 Å². The number of H-pyrrole nitrogens is 1. The molecule has 3 rings (SSSR count). The van der Waals surface area contributed by atoms with Crippen molar-refractivity contribution in [2.75, 3.05) is 6.54 Å². The Hall–Kier alpha value is -3.06. The summed E-state index contributed by atoms with van der Waals surface area (Å²) >= 11 is 0. The summed E-state index contributed by atoms with van der Waals surface area (Å²) < 4.78 is 13.9. The number of nitrogens with zero attached hydrogens (tertiary/aromatic N) is 3. The summed E-state index contributed by atoms with van der Waals surface area (Å²) in [5, 5.41) is 7.30. The maximum absolute atomic E-state index is 13.9. The molecule has 2 unspecified atom stereocenters. The van der Waals surface area contributed by atoms with Crippen molar-refractivity contribution in [3.8, 4) is 0 Å². The zero-order valence-electron chi connectivity index (χ0n) is 17.2. The molecule has 3 N–H and O–H groups in total. The van der Waals surface area contributed by atoms with E-state index in [4.69, 9.17) is 5.73 Å². The van der Waals surface area contributed by atoms with Crippen LogP contribution in [-0.2, 0) is 11.2 Å². The van der Waals surface area contributed by atoms with Gasteiger partial charge in [-0.2, -0.15) is 5.10 Å². The Morgan fingerprint density at radius 2 is 2.27 bits per heavy atom. The summed E-state index contributed by atoms with van der Waals surface area (Å²) in [4.78, 5) is 19.3. The minimum Gasteiger partial charge on any atom is -0.332 e. The van der Waals surface area contributed by atoms with Gasteiger partial charge in [-0.05, 0) is 37.8 Å². The molecule has 1 fully saturated rings. The van der Waals surface area contributed by atoms with E-state index in [1.807, 2.05) is 25.2 Å². The number of likely N-dealkylation sites (tertiary alicyclic amines) is 1.